The Kier molecular flexibility index (Phi) is 4.34. The molecule has 0 saturated carbocycles. The number of para-hydroxylation sites is 1. The third-order valence-corrected chi connectivity index (χ3v) is 2.83. The van der Waals surface area contributed by atoms with Gasteiger partial charge in [0.25, 0.3) is 0 Å². The third-order valence-electron chi connectivity index (χ3n) is 2.83. The summed E-state index contributed by atoms with van der Waals surface area (Å²) in [5.41, 5.74) is 1.79. The van der Waals surface area contributed by atoms with Gasteiger partial charge in [-0.3, -0.25) is 9.48 Å². The molecule has 19 heavy (non-hydrogen) atoms. The number of nitrogens with one attached hydrogen (secondary N) is 1. The van der Waals surface area contributed by atoms with Crippen molar-refractivity contribution >= 4 is 11.5 Å². The zero-order valence-corrected chi connectivity index (χ0v) is 11.3. The molecule has 1 heterocycles. The molecule has 0 fully saturated rings. The van der Waals surface area contributed by atoms with Crippen LogP contribution in [0.3, 0.4) is 0 Å². The molecule has 0 saturated heterocycles. The second kappa shape index (κ2) is 6.18. The lowest BCUT2D eigenvalue weighted by Crippen LogP contribution is -2.16. The third kappa shape index (κ3) is 3.95. The van der Waals surface area contributed by atoms with Crippen LogP contribution in [0, 0.1) is 0 Å². The molecule has 0 amide bonds. The molecule has 1 aromatic heterocycles. The maximum absolute atomic E-state index is 11.9. The highest BCUT2D eigenvalue weighted by Gasteiger charge is 2.07. The van der Waals surface area contributed by atoms with Crippen molar-refractivity contribution in [1.29, 1.82) is 0 Å². The molecule has 1 aromatic carbocycles. The van der Waals surface area contributed by atoms with Gasteiger partial charge in [-0.1, -0.05) is 18.2 Å². The van der Waals surface area contributed by atoms with Crippen molar-refractivity contribution in [3.8, 4) is 0 Å². The summed E-state index contributed by atoms with van der Waals surface area (Å²) in [6.07, 6.45) is 2.29. The van der Waals surface area contributed by atoms with Gasteiger partial charge in [0, 0.05) is 17.9 Å². The quantitative estimate of drug-likeness (QED) is 0.865. The highest BCUT2D eigenvalue weighted by atomic mass is 16.1. The molecule has 0 unspecified atom stereocenters. The predicted molar refractivity (Wildman–Crippen MR) is 76.3 cm³/mol. The molecule has 4 nitrogen and oxygen atoms in total. The first-order valence-corrected chi connectivity index (χ1v) is 6.50. The fraction of sp³-hybridized carbons (Fsp3) is 0.333. The van der Waals surface area contributed by atoms with Crippen molar-refractivity contribution in [3.63, 3.8) is 0 Å². The first-order valence-electron chi connectivity index (χ1n) is 6.50. The van der Waals surface area contributed by atoms with Crippen molar-refractivity contribution in [3.05, 3.63) is 48.3 Å². The van der Waals surface area contributed by atoms with Crippen LogP contribution in [0.25, 0.3) is 0 Å². The van der Waals surface area contributed by atoms with Crippen molar-refractivity contribution in [2.45, 2.75) is 26.3 Å². The number of aromatic nitrogens is 2. The molecule has 100 valence electrons. The van der Waals surface area contributed by atoms with Crippen LogP contribution in [0.2, 0.25) is 0 Å². The van der Waals surface area contributed by atoms with Gasteiger partial charge in [-0.25, -0.2) is 0 Å². The summed E-state index contributed by atoms with van der Waals surface area (Å²) < 4.78 is 1.87. The molecular formula is C15H19N3O. The van der Waals surface area contributed by atoms with Gasteiger partial charge in [0.05, 0.1) is 18.7 Å². The van der Waals surface area contributed by atoms with Crippen LogP contribution in [0.1, 0.15) is 25.6 Å². The lowest BCUT2D eigenvalue weighted by Gasteiger charge is -2.05. The number of Topliss-reactive ketones (excluding diaryl/α,β-unsaturated/α-hetero) is 1. The van der Waals surface area contributed by atoms with Crippen LogP contribution in [0.4, 0.5) is 5.69 Å². The number of rotatable bonds is 6. The molecule has 1 N–H and O–H groups in total. The monoisotopic (exact) mass is 257 g/mol. The van der Waals surface area contributed by atoms with E-state index in [0.29, 0.717) is 19.0 Å². The van der Waals surface area contributed by atoms with Gasteiger partial charge in [0.1, 0.15) is 0 Å². The Labute approximate surface area is 113 Å². The van der Waals surface area contributed by atoms with Gasteiger partial charge in [-0.15, -0.1) is 0 Å². The Morgan fingerprint density at radius 1 is 1.26 bits per heavy atom. The Balaban J connectivity index is 1.84. The van der Waals surface area contributed by atoms with Crippen LogP contribution < -0.4 is 5.32 Å². The second-order valence-electron chi connectivity index (χ2n) is 4.82. The molecule has 0 atom stereocenters. The summed E-state index contributed by atoms with van der Waals surface area (Å²) in [6.45, 7) is 4.46. The zero-order chi connectivity index (χ0) is 13.7. The van der Waals surface area contributed by atoms with Crippen molar-refractivity contribution in [2.24, 2.45) is 0 Å². The van der Waals surface area contributed by atoms with E-state index in [1.54, 1.807) is 0 Å². The number of nitrogens with zero attached hydrogens (tertiary/aromatic N) is 2. The van der Waals surface area contributed by atoms with Crippen molar-refractivity contribution < 1.29 is 4.79 Å². The highest BCUT2D eigenvalue weighted by molar-refractivity contribution is 5.84. The van der Waals surface area contributed by atoms with E-state index >= 15 is 0 Å². The van der Waals surface area contributed by atoms with E-state index in [0.717, 1.165) is 11.4 Å². The van der Waals surface area contributed by atoms with E-state index in [-0.39, 0.29) is 5.78 Å². The summed E-state index contributed by atoms with van der Waals surface area (Å²) >= 11 is 0. The molecular weight excluding hydrogens is 238 g/mol. The average Bonchev–Trinajstić information content (AvgIpc) is 2.86. The van der Waals surface area contributed by atoms with E-state index in [2.05, 4.69) is 24.3 Å². The number of ketones is 1. The van der Waals surface area contributed by atoms with E-state index in [1.807, 2.05) is 47.3 Å². The molecule has 0 aliphatic rings. The van der Waals surface area contributed by atoms with E-state index < -0.39 is 0 Å². The number of benzene rings is 1. The molecule has 0 aliphatic carbocycles. The van der Waals surface area contributed by atoms with Gasteiger partial charge in [0.15, 0.2) is 5.78 Å². The van der Waals surface area contributed by atoms with Crippen molar-refractivity contribution in [1.82, 2.24) is 9.78 Å². The molecule has 4 heteroatoms. The Morgan fingerprint density at radius 3 is 2.63 bits per heavy atom. The van der Waals surface area contributed by atoms with Crippen LogP contribution >= 0.6 is 0 Å². The topological polar surface area (TPSA) is 46.9 Å². The molecule has 2 aromatic rings. The largest absolute Gasteiger partial charge is 0.378 e. The molecule has 2 rings (SSSR count). The fourth-order valence-corrected chi connectivity index (χ4v) is 1.78. The van der Waals surface area contributed by atoms with Crippen LogP contribution in [-0.4, -0.2) is 22.1 Å². The molecule has 0 radical (unpaired) electrons. The summed E-state index contributed by atoms with van der Waals surface area (Å²) in [5.74, 6) is 0.137. The highest BCUT2D eigenvalue weighted by Crippen LogP contribution is 2.07. The minimum Gasteiger partial charge on any atom is -0.378 e. The maximum Gasteiger partial charge on any atom is 0.157 e. The smallest absolute Gasteiger partial charge is 0.157 e. The van der Waals surface area contributed by atoms with Crippen LogP contribution in [-0.2, 0) is 11.2 Å². The van der Waals surface area contributed by atoms with Crippen molar-refractivity contribution in [2.75, 3.05) is 11.9 Å². The normalized spacial score (nSPS) is 10.7. The van der Waals surface area contributed by atoms with Gasteiger partial charge >= 0.3 is 0 Å². The first-order chi connectivity index (χ1) is 9.15. The summed E-state index contributed by atoms with van der Waals surface area (Å²) in [6, 6.07) is 12.0. The number of carbonyl (C=O) groups excluding carboxylic acids is 1. The summed E-state index contributed by atoms with van der Waals surface area (Å²) in [5, 5.41) is 7.48. The molecule has 0 spiro atoms. The Morgan fingerprint density at radius 2 is 2.00 bits per heavy atom. The number of carbonyl (C=O) groups is 1. The Hall–Kier alpha value is -2.10. The van der Waals surface area contributed by atoms with Gasteiger partial charge < -0.3 is 5.32 Å². The standard InChI is InChI=1S/C15H19N3O/c1-12(2)18-9-8-14(17-18)10-15(19)11-16-13-6-4-3-5-7-13/h3-9,12,16H,10-11H2,1-2H3. The van der Waals surface area contributed by atoms with Gasteiger partial charge in [0.2, 0.25) is 0 Å². The van der Waals surface area contributed by atoms with E-state index in [4.69, 9.17) is 0 Å². The number of anilines is 1. The fourth-order valence-electron chi connectivity index (χ4n) is 1.78. The zero-order valence-electron chi connectivity index (χ0n) is 11.3. The van der Waals surface area contributed by atoms with Gasteiger partial charge in [-0.05, 0) is 32.0 Å². The second-order valence-corrected chi connectivity index (χ2v) is 4.82. The maximum atomic E-state index is 11.9. The molecule has 0 bridgehead atoms. The SMILES string of the molecule is CC(C)n1ccc(CC(=O)CNc2ccccc2)n1. The lowest BCUT2D eigenvalue weighted by atomic mass is 10.2. The minimum absolute atomic E-state index is 0.137. The minimum atomic E-state index is 0.137. The molecule has 0 aliphatic heterocycles. The Bertz CT molecular complexity index is 531. The average molecular weight is 257 g/mol. The summed E-state index contributed by atoms with van der Waals surface area (Å²) in [4.78, 5) is 11.9. The van der Waals surface area contributed by atoms with Gasteiger partial charge in [-0.2, -0.15) is 5.10 Å². The van der Waals surface area contributed by atoms with E-state index in [1.165, 1.54) is 0 Å². The predicted octanol–water partition coefficient (Wildman–Crippen LogP) is 2.69. The first kappa shape index (κ1) is 13.3. The van der Waals surface area contributed by atoms with E-state index in [9.17, 15) is 4.79 Å². The van der Waals surface area contributed by atoms with Crippen LogP contribution in [0.15, 0.2) is 42.6 Å². The number of hydrogen-bond donors (Lipinski definition) is 1. The summed E-state index contributed by atoms with van der Waals surface area (Å²) in [7, 11) is 0. The number of hydrogen-bond acceptors (Lipinski definition) is 3. The van der Waals surface area contributed by atoms with Crippen LogP contribution in [0.5, 0.6) is 0 Å². The lowest BCUT2D eigenvalue weighted by molar-refractivity contribution is -0.116.